The van der Waals surface area contributed by atoms with Crippen LogP contribution in [0.15, 0.2) is 21.9 Å². The number of aliphatic hydroxyl groups excluding tert-OH is 3. The Hall–Kier alpha value is -1.87. The lowest BCUT2D eigenvalue weighted by molar-refractivity contribution is -0.348. The Morgan fingerprint density at radius 3 is 2.38 bits per heavy atom. The standard InChI is InChI=1S/C17H27N3O17P2/c1-6-17(27,28)13(25)10(18-7(2)21)15(34-6)36-39(31,32)37-38(29,30)33-5-8-11(23)12(24)14(35-8)20-4-3-9(22)19-16(20)26/h3-4,6,8,10-15,23-25,27-28H,5H2,1-2H3,(H,18,21)(H,29,30)(H,31,32)(H,19,22,26)/t6-,8+,10+,11+,12+,13-,14+,15+/m0/s1. The molecule has 2 fully saturated rings. The van der Waals surface area contributed by atoms with Crippen molar-refractivity contribution in [3.63, 3.8) is 0 Å². The maximum atomic E-state index is 12.4. The number of H-pyrrole nitrogens is 1. The molecule has 1 amide bonds. The van der Waals surface area contributed by atoms with Crippen molar-refractivity contribution in [2.24, 2.45) is 0 Å². The molecule has 10 atom stereocenters. The van der Waals surface area contributed by atoms with Crippen LogP contribution in [0, 0.1) is 0 Å². The minimum absolute atomic E-state index is 0.721. The van der Waals surface area contributed by atoms with Crippen LogP contribution < -0.4 is 16.6 Å². The van der Waals surface area contributed by atoms with Gasteiger partial charge in [-0.2, -0.15) is 4.31 Å². The van der Waals surface area contributed by atoms with Gasteiger partial charge in [0.15, 0.2) is 12.5 Å². The zero-order valence-electron chi connectivity index (χ0n) is 20.0. The van der Waals surface area contributed by atoms with Gasteiger partial charge < -0.3 is 50.1 Å². The van der Waals surface area contributed by atoms with E-state index in [9.17, 15) is 58.8 Å². The molecule has 0 spiro atoms. The van der Waals surface area contributed by atoms with Crippen molar-refractivity contribution in [2.75, 3.05) is 6.61 Å². The Balaban J connectivity index is 1.66. The highest BCUT2D eigenvalue weighted by molar-refractivity contribution is 7.61. The third-order valence-corrected chi connectivity index (χ3v) is 8.28. The van der Waals surface area contributed by atoms with Gasteiger partial charge in [0.05, 0.1) is 6.61 Å². The van der Waals surface area contributed by atoms with Gasteiger partial charge in [0.1, 0.15) is 36.6 Å². The number of rotatable bonds is 9. The lowest BCUT2D eigenvalue weighted by Gasteiger charge is -2.45. The number of phosphoric ester groups is 2. The van der Waals surface area contributed by atoms with Crippen LogP contribution in [0.4, 0.5) is 0 Å². The van der Waals surface area contributed by atoms with Crippen molar-refractivity contribution in [1.82, 2.24) is 14.9 Å². The smallest absolute Gasteiger partial charge is 0.387 e. The molecule has 3 rings (SSSR count). The number of hydrogen-bond acceptors (Lipinski definition) is 15. The maximum absolute atomic E-state index is 12.4. The second-order valence-electron chi connectivity index (χ2n) is 8.58. The van der Waals surface area contributed by atoms with E-state index in [1.54, 1.807) is 0 Å². The summed E-state index contributed by atoms with van der Waals surface area (Å²) in [5, 5.41) is 52.5. The van der Waals surface area contributed by atoms with Crippen molar-refractivity contribution in [3.05, 3.63) is 33.1 Å². The summed E-state index contributed by atoms with van der Waals surface area (Å²) in [6.07, 6.45) is -11.7. The Morgan fingerprint density at radius 2 is 1.79 bits per heavy atom. The molecule has 2 aliphatic rings. The van der Waals surface area contributed by atoms with E-state index in [-0.39, 0.29) is 0 Å². The molecular formula is C17H27N3O17P2. The summed E-state index contributed by atoms with van der Waals surface area (Å²) in [6.45, 7) is 0.947. The third kappa shape index (κ3) is 7.26. The topological polar surface area (TPSA) is 306 Å². The molecule has 39 heavy (non-hydrogen) atoms. The number of hydrogen-bond donors (Lipinski definition) is 9. The number of phosphoric acid groups is 2. The van der Waals surface area contributed by atoms with Gasteiger partial charge in [0.25, 0.3) is 5.56 Å². The fourth-order valence-corrected chi connectivity index (χ4v) is 5.87. The predicted molar refractivity (Wildman–Crippen MR) is 120 cm³/mol. The third-order valence-electron chi connectivity index (χ3n) is 5.68. The summed E-state index contributed by atoms with van der Waals surface area (Å²) in [6, 6.07) is -0.941. The molecule has 22 heteroatoms. The van der Waals surface area contributed by atoms with Crippen LogP contribution in [-0.4, -0.2) is 106 Å². The molecule has 20 nitrogen and oxygen atoms in total. The first-order valence-corrected chi connectivity index (χ1v) is 13.9. The van der Waals surface area contributed by atoms with Crippen LogP contribution in [-0.2, 0) is 36.8 Å². The normalized spacial score (nSPS) is 35.6. The summed E-state index contributed by atoms with van der Waals surface area (Å²) in [7, 11) is -11.2. The number of carbonyl (C=O) groups excluding carboxylic acids is 1. The summed E-state index contributed by atoms with van der Waals surface area (Å²) in [5.74, 6) is -3.79. The van der Waals surface area contributed by atoms with Crippen LogP contribution in [0.25, 0.3) is 0 Å². The van der Waals surface area contributed by atoms with Gasteiger partial charge in [-0.3, -0.25) is 28.2 Å². The lowest BCUT2D eigenvalue weighted by Crippen LogP contribution is -2.69. The number of aliphatic hydroxyl groups is 5. The van der Waals surface area contributed by atoms with Gasteiger partial charge >= 0.3 is 21.3 Å². The van der Waals surface area contributed by atoms with Gasteiger partial charge in [-0.05, 0) is 6.92 Å². The molecule has 0 aliphatic carbocycles. The minimum atomic E-state index is -5.64. The first-order valence-electron chi connectivity index (χ1n) is 10.9. The highest BCUT2D eigenvalue weighted by Crippen LogP contribution is 2.61. The number of nitrogens with zero attached hydrogens (tertiary/aromatic N) is 1. The second kappa shape index (κ2) is 11.6. The number of carbonyl (C=O) groups is 1. The highest BCUT2D eigenvalue weighted by atomic mass is 31.3. The van der Waals surface area contributed by atoms with Crippen LogP contribution in [0.1, 0.15) is 20.1 Å². The zero-order valence-corrected chi connectivity index (χ0v) is 21.8. The fraction of sp³-hybridized carbons (Fsp3) is 0.706. The van der Waals surface area contributed by atoms with Gasteiger partial charge in [-0.25, -0.2) is 13.9 Å². The average Bonchev–Trinajstić information content (AvgIpc) is 3.07. The monoisotopic (exact) mass is 607 g/mol. The van der Waals surface area contributed by atoms with Gasteiger partial charge in [-0.15, -0.1) is 0 Å². The predicted octanol–water partition coefficient (Wildman–Crippen LogP) is -4.30. The number of nitrogens with one attached hydrogen (secondary N) is 2. The number of aromatic nitrogens is 2. The summed E-state index contributed by atoms with van der Waals surface area (Å²) >= 11 is 0. The fourth-order valence-electron chi connectivity index (χ4n) is 3.71. The summed E-state index contributed by atoms with van der Waals surface area (Å²) < 4.78 is 49.1. The molecule has 0 radical (unpaired) electrons. The van der Waals surface area contributed by atoms with Crippen LogP contribution in [0.3, 0.4) is 0 Å². The first kappa shape index (κ1) is 31.7. The van der Waals surface area contributed by atoms with E-state index in [0.717, 1.165) is 30.7 Å². The molecule has 1 aromatic rings. The quantitative estimate of drug-likeness (QED) is 0.0947. The Labute approximate surface area is 217 Å². The zero-order chi connectivity index (χ0) is 29.5. The summed E-state index contributed by atoms with van der Waals surface area (Å²) in [4.78, 5) is 56.4. The van der Waals surface area contributed by atoms with Crippen LogP contribution in [0.2, 0.25) is 0 Å². The number of amides is 1. The van der Waals surface area contributed by atoms with E-state index in [4.69, 9.17) is 9.47 Å². The SMILES string of the molecule is CC(=O)N[C@H]1[C@@H](OP(=O)(O)OP(=O)(O)OC[C@H]2O[C@@H](n3ccc(=O)[nH]c3=O)[C@H](O)[C@@H]2O)O[C@@H](C)C(O)(O)[C@H]1O. The molecule has 9 N–H and O–H groups in total. The van der Waals surface area contributed by atoms with Crippen molar-refractivity contribution >= 4 is 21.6 Å². The van der Waals surface area contributed by atoms with Gasteiger partial charge in [0, 0.05) is 19.2 Å². The molecule has 0 saturated carbocycles. The van der Waals surface area contributed by atoms with Crippen molar-refractivity contribution in [1.29, 1.82) is 0 Å². The number of aromatic amines is 1. The van der Waals surface area contributed by atoms with E-state index < -0.39 is 94.3 Å². The van der Waals surface area contributed by atoms with Crippen molar-refractivity contribution < 1.29 is 72.1 Å². The molecule has 2 saturated heterocycles. The lowest BCUT2D eigenvalue weighted by atomic mass is 9.94. The molecule has 2 unspecified atom stereocenters. The molecule has 3 heterocycles. The van der Waals surface area contributed by atoms with E-state index in [2.05, 4.69) is 13.4 Å². The highest BCUT2D eigenvalue weighted by Gasteiger charge is 2.55. The van der Waals surface area contributed by atoms with Gasteiger partial charge in [0.2, 0.25) is 11.7 Å². The molecule has 0 aromatic carbocycles. The largest absolute Gasteiger partial charge is 0.483 e. The van der Waals surface area contributed by atoms with E-state index in [1.807, 2.05) is 10.3 Å². The van der Waals surface area contributed by atoms with Crippen molar-refractivity contribution in [3.8, 4) is 0 Å². The number of ether oxygens (including phenoxy) is 2. The minimum Gasteiger partial charge on any atom is -0.387 e. The van der Waals surface area contributed by atoms with Crippen LogP contribution >= 0.6 is 15.6 Å². The molecular weight excluding hydrogens is 580 g/mol. The van der Waals surface area contributed by atoms with E-state index >= 15 is 0 Å². The Bertz CT molecular complexity index is 1270. The van der Waals surface area contributed by atoms with Gasteiger partial charge in [-0.1, -0.05) is 0 Å². The first-order chi connectivity index (χ1) is 17.8. The van der Waals surface area contributed by atoms with Crippen LogP contribution in [0.5, 0.6) is 0 Å². The molecule has 0 bridgehead atoms. The summed E-state index contributed by atoms with van der Waals surface area (Å²) in [5.41, 5.74) is -1.76. The van der Waals surface area contributed by atoms with E-state index in [0.29, 0.717) is 0 Å². The Morgan fingerprint density at radius 1 is 1.15 bits per heavy atom. The van der Waals surface area contributed by atoms with E-state index in [1.165, 1.54) is 0 Å². The average molecular weight is 607 g/mol. The Kier molecular flexibility index (Phi) is 9.38. The molecule has 222 valence electrons. The van der Waals surface area contributed by atoms with Crippen molar-refractivity contribution in [2.45, 2.75) is 68.7 Å². The maximum Gasteiger partial charge on any atom is 0.483 e. The second-order valence-corrected chi connectivity index (χ2v) is 11.6. The molecule has 2 aliphatic heterocycles. The molecule has 1 aromatic heterocycles.